The van der Waals surface area contributed by atoms with Crippen molar-refractivity contribution in [3.8, 4) is 0 Å². The molecule has 0 amide bonds. The van der Waals surface area contributed by atoms with Crippen molar-refractivity contribution >= 4 is 0 Å². The van der Waals surface area contributed by atoms with Crippen molar-refractivity contribution < 1.29 is 4.74 Å². The summed E-state index contributed by atoms with van der Waals surface area (Å²) < 4.78 is 5.21. The van der Waals surface area contributed by atoms with Crippen molar-refractivity contribution in [3.05, 3.63) is 36.1 Å². The van der Waals surface area contributed by atoms with E-state index in [2.05, 4.69) is 26.5 Å². The van der Waals surface area contributed by atoms with Gasteiger partial charge in [-0.1, -0.05) is 39.0 Å². The first-order chi connectivity index (χ1) is 6.28. The Morgan fingerprint density at radius 2 is 2.08 bits per heavy atom. The first-order valence-electron chi connectivity index (χ1n) is 4.84. The van der Waals surface area contributed by atoms with Crippen molar-refractivity contribution in [2.45, 2.75) is 33.1 Å². The largest absolute Gasteiger partial charge is 0.501 e. The molecule has 1 heteroatoms. The fourth-order valence-electron chi connectivity index (χ4n) is 1.16. The van der Waals surface area contributed by atoms with Crippen LogP contribution in [-0.4, -0.2) is 7.11 Å². The van der Waals surface area contributed by atoms with Crippen LogP contribution in [0.5, 0.6) is 0 Å². The predicted molar refractivity (Wildman–Crippen MR) is 58.6 cm³/mol. The second-order valence-corrected chi connectivity index (χ2v) is 2.90. The van der Waals surface area contributed by atoms with E-state index in [0.29, 0.717) is 0 Å². The molecule has 74 valence electrons. The lowest BCUT2D eigenvalue weighted by atomic mass is 10.1. The van der Waals surface area contributed by atoms with Crippen LogP contribution in [0.3, 0.4) is 0 Å². The highest BCUT2D eigenvalue weighted by Crippen LogP contribution is 2.12. The Morgan fingerprint density at radius 1 is 1.38 bits per heavy atom. The van der Waals surface area contributed by atoms with Crippen molar-refractivity contribution in [3.63, 3.8) is 0 Å². The SMILES string of the molecule is C=C/C=C(\C=C(/CC)OC)CCC. The van der Waals surface area contributed by atoms with E-state index in [1.54, 1.807) is 7.11 Å². The van der Waals surface area contributed by atoms with Gasteiger partial charge in [0.05, 0.1) is 12.9 Å². The first-order valence-corrected chi connectivity index (χ1v) is 4.84. The molecule has 0 aliphatic heterocycles. The third-order valence-corrected chi connectivity index (χ3v) is 1.83. The average molecular weight is 180 g/mol. The summed E-state index contributed by atoms with van der Waals surface area (Å²) >= 11 is 0. The van der Waals surface area contributed by atoms with E-state index in [1.165, 1.54) is 5.57 Å². The van der Waals surface area contributed by atoms with Crippen molar-refractivity contribution in [2.75, 3.05) is 7.11 Å². The van der Waals surface area contributed by atoms with Crippen LogP contribution >= 0.6 is 0 Å². The first kappa shape index (κ1) is 12.0. The van der Waals surface area contributed by atoms with Crippen LogP contribution in [-0.2, 0) is 4.74 Å². The Balaban J connectivity index is 4.45. The lowest BCUT2D eigenvalue weighted by Gasteiger charge is -2.04. The fraction of sp³-hybridized carbons (Fsp3) is 0.500. The zero-order valence-electron chi connectivity index (χ0n) is 8.97. The quantitative estimate of drug-likeness (QED) is 0.446. The highest BCUT2D eigenvalue weighted by atomic mass is 16.5. The van der Waals surface area contributed by atoms with Crippen molar-refractivity contribution in [2.24, 2.45) is 0 Å². The number of ether oxygens (including phenoxy) is 1. The molecule has 0 aromatic carbocycles. The number of hydrogen-bond acceptors (Lipinski definition) is 1. The second kappa shape index (κ2) is 7.66. The van der Waals surface area contributed by atoms with Crippen LogP contribution in [0.2, 0.25) is 0 Å². The molecule has 0 bridgehead atoms. The summed E-state index contributed by atoms with van der Waals surface area (Å²) in [6.07, 6.45) is 9.14. The Kier molecular flexibility index (Phi) is 7.08. The molecular weight excluding hydrogens is 160 g/mol. The fourth-order valence-corrected chi connectivity index (χ4v) is 1.16. The minimum atomic E-state index is 0.939. The third kappa shape index (κ3) is 5.29. The van der Waals surface area contributed by atoms with Gasteiger partial charge in [-0.2, -0.15) is 0 Å². The van der Waals surface area contributed by atoms with Gasteiger partial charge in [0.2, 0.25) is 0 Å². The monoisotopic (exact) mass is 180 g/mol. The van der Waals surface area contributed by atoms with Crippen LogP contribution in [0, 0.1) is 0 Å². The van der Waals surface area contributed by atoms with Gasteiger partial charge in [0.25, 0.3) is 0 Å². The molecule has 0 spiro atoms. The summed E-state index contributed by atoms with van der Waals surface area (Å²) in [5.74, 6) is 1.03. The van der Waals surface area contributed by atoms with Crippen LogP contribution in [0.4, 0.5) is 0 Å². The van der Waals surface area contributed by atoms with E-state index in [0.717, 1.165) is 25.0 Å². The molecule has 0 fully saturated rings. The summed E-state index contributed by atoms with van der Waals surface area (Å²) in [6.45, 7) is 7.96. The minimum Gasteiger partial charge on any atom is -0.501 e. The molecule has 0 heterocycles. The lowest BCUT2D eigenvalue weighted by Crippen LogP contribution is -1.86. The van der Waals surface area contributed by atoms with Gasteiger partial charge in [-0.05, 0) is 18.1 Å². The molecule has 13 heavy (non-hydrogen) atoms. The normalized spacial score (nSPS) is 12.8. The zero-order valence-corrected chi connectivity index (χ0v) is 8.97. The standard InChI is InChI=1S/C12H20O/c1-5-8-11(9-6-2)10-12(7-3)13-4/h5,8,10H,1,6-7,9H2,2-4H3/b11-8-,12-10+. The molecule has 0 aliphatic rings. The molecule has 0 radical (unpaired) electrons. The molecule has 0 aliphatic carbocycles. The molecular formula is C12H20O. The lowest BCUT2D eigenvalue weighted by molar-refractivity contribution is 0.280. The number of allylic oxidation sites excluding steroid dienone is 5. The van der Waals surface area contributed by atoms with Gasteiger partial charge in [0.1, 0.15) is 0 Å². The number of methoxy groups -OCH3 is 1. The zero-order chi connectivity index (χ0) is 10.1. The van der Waals surface area contributed by atoms with E-state index in [-0.39, 0.29) is 0 Å². The van der Waals surface area contributed by atoms with Gasteiger partial charge in [0.15, 0.2) is 0 Å². The average Bonchev–Trinajstić information content (AvgIpc) is 2.14. The summed E-state index contributed by atoms with van der Waals surface area (Å²) in [4.78, 5) is 0. The van der Waals surface area contributed by atoms with Crippen molar-refractivity contribution in [1.82, 2.24) is 0 Å². The van der Waals surface area contributed by atoms with Gasteiger partial charge >= 0.3 is 0 Å². The van der Waals surface area contributed by atoms with Crippen molar-refractivity contribution in [1.29, 1.82) is 0 Å². The van der Waals surface area contributed by atoms with Gasteiger partial charge in [-0.15, -0.1) is 0 Å². The van der Waals surface area contributed by atoms with E-state index in [4.69, 9.17) is 4.74 Å². The van der Waals surface area contributed by atoms with Crippen LogP contribution in [0.1, 0.15) is 33.1 Å². The Labute approximate surface area is 81.8 Å². The Hall–Kier alpha value is -0.980. The van der Waals surface area contributed by atoms with Crippen LogP contribution in [0.25, 0.3) is 0 Å². The Morgan fingerprint density at radius 3 is 2.46 bits per heavy atom. The maximum atomic E-state index is 5.21. The number of hydrogen-bond donors (Lipinski definition) is 0. The summed E-state index contributed by atoms with van der Waals surface area (Å²) in [6, 6.07) is 0. The molecule has 0 atom stereocenters. The van der Waals surface area contributed by atoms with Crippen LogP contribution < -0.4 is 0 Å². The number of rotatable bonds is 6. The van der Waals surface area contributed by atoms with Gasteiger partial charge < -0.3 is 4.74 Å². The molecule has 0 N–H and O–H groups in total. The van der Waals surface area contributed by atoms with Gasteiger partial charge in [-0.3, -0.25) is 0 Å². The molecule has 0 saturated heterocycles. The maximum absolute atomic E-state index is 5.21. The summed E-state index contributed by atoms with van der Waals surface area (Å²) in [5, 5.41) is 0. The third-order valence-electron chi connectivity index (χ3n) is 1.83. The van der Waals surface area contributed by atoms with E-state index >= 15 is 0 Å². The highest BCUT2D eigenvalue weighted by Gasteiger charge is 1.95. The van der Waals surface area contributed by atoms with Gasteiger partial charge in [-0.25, -0.2) is 0 Å². The summed E-state index contributed by atoms with van der Waals surface area (Å²) in [7, 11) is 1.72. The summed E-state index contributed by atoms with van der Waals surface area (Å²) in [5.41, 5.74) is 1.29. The van der Waals surface area contributed by atoms with E-state index < -0.39 is 0 Å². The van der Waals surface area contributed by atoms with Crippen LogP contribution in [0.15, 0.2) is 36.1 Å². The van der Waals surface area contributed by atoms with Gasteiger partial charge in [0, 0.05) is 6.42 Å². The Bertz CT molecular complexity index is 193. The van der Waals surface area contributed by atoms with E-state index in [1.807, 2.05) is 12.2 Å². The topological polar surface area (TPSA) is 9.23 Å². The predicted octanol–water partition coefficient (Wildman–Crippen LogP) is 3.84. The molecule has 0 aromatic rings. The molecule has 0 rings (SSSR count). The smallest absolute Gasteiger partial charge is 0.0955 e. The second-order valence-electron chi connectivity index (χ2n) is 2.90. The molecule has 0 saturated carbocycles. The molecule has 0 aromatic heterocycles. The maximum Gasteiger partial charge on any atom is 0.0955 e. The minimum absolute atomic E-state index is 0.939. The molecule has 0 unspecified atom stereocenters. The highest BCUT2D eigenvalue weighted by molar-refractivity contribution is 5.24. The van der Waals surface area contributed by atoms with E-state index in [9.17, 15) is 0 Å². The molecule has 1 nitrogen and oxygen atoms in total.